The molecule has 0 bridgehead atoms. The first-order chi connectivity index (χ1) is 5.07. The summed E-state index contributed by atoms with van der Waals surface area (Å²) in [6.45, 7) is 0. The molecule has 0 fully saturated rings. The fourth-order valence-electron chi connectivity index (χ4n) is 0.418. The van der Waals surface area contributed by atoms with Gasteiger partial charge in [0.1, 0.15) is 0 Å². The Hall–Kier alpha value is -0.180. The van der Waals surface area contributed by atoms with Gasteiger partial charge in [-0.15, -0.1) is 8.83 Å². The maximum Gasteiger partial charge on any atom is 0.224 e. The summed E-state index contributed by atoms with van der Waals surface area (Å²) < 4.78 is 44.7. The molecule has 0 spiro atoms. The highest BCUT2D eigenvalue weighted by atomic mass is 32.2. The van der Waals surface area contributed by atoms with Crippen molar-refractivity contribution in [3.63, 3.8) is 0 Å². The van der Waals surface area contributed by atoms with Crippen LogP contribution in [0.4, 0.5) is 0 Å². The number of hydrogen-bond acceptors (Lipinski definition) is 4. The van der Waals surface area contributed by atoms with Crippen LogP contribution in [0.15, 0.2) is 0 Å². The average molecular weight is 216 g/mol. The van der Waals surface area contributed by atoms with Gasteiger partial charge in [-0.3, -0.25) is 0 Å². The zero-order chi connectivity index (χ0) is 10.2. The maximum absolute atomic E-state index is 10.8. The lowest BCUT2D eigenvalue weighted by molar-refractivity contribution is 0.238. The normalized spacial score (nSPS) is 14.2. The molecule has 0 atom stereocenters. The van der Waals surface area contributed by atoms with Gasteiger partial charge in [-0.1, -0.05) is 0 Å². The number of hydrogen-bond donors (Lipinski definition) is 0. The first-order valence-corrected chi connectivity index (χ1v) is 6.64. The van der Waals surface area contributed by atoms with Gasteiger partial charge in [-0.05, 0) is 0 Å². The molecule has 0 radical (unpaired) electrons. The molecule has 8 heteroatoms. The van der Waals surface area contributed by atoms with E-state index in [2.05, 4.69) is 0 Å². The largest absolute Gasteiger partial charge is 0.224 e. The quantitative estimate of drug-likeness (QED) is 0.549. The summed E-state index contributed by atoms with van der Waals surface area (Å²) in [5, 5.41) is 0. The molecule has 0 aliphatic rings. The van der Waals surface area contributed by atoms with Gasteiger partial charge >= 0.3 is 0 Å². The molecule has 0 aromatic rings. The van der Waals surface area contributed by atoms with Crippen LogP contribution >= 0.6 is 0 Å². The second-order valence-corrected chi connectivity index (χ2v) is 6.38. The third-order valence-electron chi connectivity index (χ3n) is 1.36. The molecule has 12 heavy (non-hydrogen) atoms. The topological polar surface area (TPSA) is 74.8 Å². The molecule has 0 heterocycles. The molecule has 0 aromatic carbocycles. The van der Waals surface area contributed by atoms with Crippen LogP contribution in [0, 0.1) is 0 Å². The molecule has 0 aliphatic carbocycles. The van der Waals surface area contributed by atoms with Gasteiger partial charge in [0.05, 0.1) is 12.5 Å². The summed E-state index contributed by atoms with van der Waals surface area (Å²) in [4.78, 5) is 0. The van der Waals surface area contributed by atoms with Crippen molar-refractivity contribution in [2.24, 2.45) is 0 Å². The van der Waals surface area contributed by atoms with E-state index in [1.54, 1.807) is 0 Å². The molecule has 0 saturated heterocycles. The Morgan fingerprint density at radius 3 is 1.00 bits per heavy atom. The molecular weight excluding hydrogens is 204 g/mol. The standard InChI is InChI=1S/C4H12N2O4S2/c1-5(11(3,7)8)6(2)12(4,9)10/h1-4H3. The SMILES string of the molecule is CN(N(C)S(C)(=O)=O)S(C)(=O)=O. The second-order valence-electron chi connectivity index (χ2n) is 2.39. The highest BCUT2D eigenvalue weighted by Crippen LogP contribution is 2.02. The average Bonchev–Trinajstić information content (AvgIpc) is 1.80. The van der Waals surface area contributed by atoms with E-state index >= 15 is 0 Å². The predicted octanol–water partition coefficient (Wildman–Crippen LogP) is -1.32. The van der Waals surface area contributed by atoms with Gasteiger partial charge in [0, 0.05) is 14.1 Å². The van der Waals surface area contributed by atoms with Crippen LogP contribution in [0.5, 0.6) is 0 Å². The van der Waals surface area contributed by atoms with Gasteiger partial charge in [-0.25, -0.2) is 16.8 Å². The molecule has 6 nitrogen and oxygen atoms in total. The summed E-state index contributed by atoms with van der Waals surface area (Å²) >= 11 is 0. The van der Waals surface area contributed by atoms with E-state index in [1.807, 2.05) is 0 Å². The van der Waals surface area contributed by atoms with Crippen LogP contribution in [0.1, 0.15) is 0 Å². The highest BCUT2D eigenvalue weighted by molar-refractivity contribution is 7.91. The fourth-order valence-corrected chi connectivity index (χ4v) is 1.98. The van der Waals surface area contributed by atoms with E-state index in [4.69, 9.17) is 0 Å². The molecule has 0 aliphatic heterocycles. The van der Waals surface area contributed by atoms with Crippen LogP contribution < -0.4 is 0 Å². The van der Waals surface area contributed by atoms with E-state index in [0.717, 1.165) is 26.6 Å². The third-order valence-corrected chi connectivity index (χ3v) is 3.87. The molecule has 0 rings (SSSR count). The first-order valence-electron chi connectivity index (χ1n) is 2.94. The minimum atomic E-state index is -3.51. The van der Waals surface area contributed by atoms with Crippen LogP contribution in [-0.4, -0.2) is 52.3 Å². The first kappa shape index (κ1) is 11.8. The van der Waals surface area contributed by atoms with Gasteiger partial charge in [0.25, 0.3) is 0 Å². The Bertz CT molecular complexity index is 307. The number of hydrazine groups is 1. The van der Waals surface area contributed by atoms with E-state index in [1.165, 1.54) is 0 Å². The molecule has 0 unspecified atom stereocenters. The van der Waals surface area contributed by atoms with E-state index in [-0.39, 0.29) is 0 Å². The van der Waals surface area contributed by atoms with Gasteiger partial charge < -0.3 is 0 Å². The van der Waals surface area contributed by atoms with Crippen molar-refractivity contribution < 1.29 is 16.8 Å². The molecular formula is C4H12N2O4S2. The van der Waals surface area contributed by atoms with E-state index < -0.39 is 20.0 Å². The molecule has 0 N–H and O–H groups in total. The summed E-state index contributed by atoms with van der Waals surface area (Å²) in [6, 6.07) is 0. The Kier molecular flexibility index (Phi) is 3.24. The molecule has 74 valence electrons. The Balaban J connectivity index is 4.89. The van der Waals surface area contributed by atoms with Crippen molar-refractivity contribution in [2.75, 3.05) is 26.6 Å². The van der Waals surface area contributed by atoms with Crippen LogP contribution in [0.25, 0.3) is 0 Å². The minimum absolute atomic E-state index is 0.655. The lowest BCUT2D eigenvalue weighted by Gasteiger charge is -2.23. The fraction of sp³-hybridized carbons (Fsp3) is 1.00. The minimum Gasteiger partial charge on any atom is -0.211 e. The predicted molar refractivity (Wildman–Crippen MR) is 45.2 cm³/mol. The Morgan fingerprint density at radius 2 is 0.917 bits per heavy atom. The molecule has 0 saturated carbocycles. The van der Waals surface area contributed by atoms with Crippen LogP contribution in [0.3, 0.4) is 0 Å². The zero-order valence-electron chi connectivity index (χ0n) is 7.34. The zero-order valence-corrected chi connectivity index (χ0v) is 8.98. The van der Waals surface area contributed by atoms with Crippen LogP contribution in [-0.2, 0) is 20.0 Å². The summed E-state index contributed by atoms with van der Waals surface area (Å²) in [6.07, 6.45) is 1.85. The number of rotatable bonds is 3. The van der Waals surface area contributed by atoms with Gasteiger partial charge in [0.15, 0.2) is 0 Å². The molecule has 0 amide bonds. The monoisotopic (exact) mass is 216 g/mol. The van der Waals surface area contributed by atoms with Crippen molar-refractivity contribution in [3.8, 4) is 0 Å². The van der Waals surface area contributed by atoms with Crippen LogP contribution in [0.2, 0.25) is 0 Å². The molecule has 0 aromatic heterocycles. The highest BCUT2D eigenvalue weighted by Gasteiger charge is 2.23. The summed E-state index contributed by atoms with van der Waals surface area (Å²) in [7, 11) is -4.68. The third kappa shape index (κ3) is 3.05. The van der Waals surface area contributed by atoms with Crippen molar-refractivity contribution >= 4 is 20.0 Å². The lowest BCUT2D eigenvalue weighted by atomic mass is 11.4. The number of sulfonamides is 2. The van der Waals surface area contributed by atoms with Crippen molar-refractivity contribution in [2.45, 2.75) is 0 Å². The maximum atomic E-state index is 10.8. The summed E-state index contributed by atoms with van der Waals surface area (Å²) in [5.74, 6) is 0. The Morgan fingerprint density at radius 1 is 0.750 bits per heavy atom. The Labute approximate surface area is 72.8 Å². The summed E-state index contributed by atoms with van der Waals surface area (Å²) in [5.41, 5.74) is 0. The van der Waals surface area contributed by atoms with Gasteiger partial charge in [0.2, 0.25) is 20.0 Å². The van der Waals surface area contributed by atoms with E-state index in [0.29, 0.717) is 8.83 Å². The lowest BCUT2D eigenvalue weighted by Crippen LogP contribution is -2.43. The van der Waals surface area contributed by atoms with Crippen molar-refractivity contribution in [1.82, 2.24) is 8.83 Å². The van der Waals surface area contributed by atoms with Gasteiger partial charge in [-0.2, -0.15) is 0 Å². The second kappa shape index (κ2) is 3.29. The smallest absolute Gasteiger partial charge is 0.211 e. The van der Waals surface area contributed by atoms with Crippen molar-refractivity contribution in [3.05, 3.63) is 0 Å². The van der Waals surface area contributed by atoms with E-state index in [9.17, 15) is 16.8 Å². The van der Waals surface area contributed by atoms with Crippen molar-refractivity contribution in [1.29, 1.82) is 0 Å². The number of nitrogens with zero attached hydrogens (tertiary/aromatic N) is 2.